The van der Waals surface area contributed by atoms with Gasteiger partial charge in [-0.25, -0.2) is 9.97 Å². The van der Waals surface area contributed by atoms with Crippen molar-refractivity contribution < 1.29 is 18.1 Å². The van der Waals surface area contributed by atoms with E-state index in [1.807, 2.05) is 16.7 Å². The molecule has 6 rings (SSSR count). The lowest BCUT2D eigenvalue weighted by Gasteiger charge is -2.39. The molecule has 0 radical (unpaired) electrons. The first-order valence-corrected chi connectivity index (χ1v) is 11.3. The van der Waals surface area contributed by atoms with Crippen molar-refractivity contribution in [3.63, 3.8) is 0 Å². The molecule has 11 heteroatoms. The van der Waals surface area contributed by atoms with E-state index < -0.39 is 11.3 Å². The summed E-state index contributed by atoms with van der Waals surface area (Å²) >= 11 is 0. The molecule has 1 N–H and O–H groups in total. The Bertz CT molecular complexity index is 1080. The lowest BCUT2D eigenvalue weighted by molar-refractivity contribution is -0.135. The van der Waals surface area contributed by atoms with Crippen molar-refractivity contribution in [2.75, 3.05) is 37.6 Å². The molecule has 2 aliphatic carbocycles. The Kier molecular flexibility index (Phi) is 4.30. The highest BCUT2D eigenvalue weighted by atomic mass is 19.3. The lowest BCUT2D eigenvalue weighted by Crippen LogP contribution is -2.50. The Morgan fingerprint density at radius 3 is 2.56 bits per heavy atom. The van der Waals surface area contributed by atoms with Gasteiger partial charge in [-0.1, -0.05) is 5.16 Å². The average molecular weight is 445 g/mol. The first-order valence-electron chi connectivity index (χ1n) is 11.3. The van der Waals surface area contributed by atoms with Gasteiger partial charge >= 0.3 is 0 Å². The van der Waals surface area contributed by atoms with E-state index in [9.17, 15) is 13.6 Å². The van der Waals surface area contributed by atoms with E-state index in [2.05, 4.69) is 25.4 Å². The second kappa shape index (κ2) is 6.90. The number of amides is 1. The van der Waals surface area contributed by atoms with E-state index in [4.69, 9.17) is 4.52 Å². The predicted octanol–water partition coefficient (Wildman–Crippen LogP) is 1.63. The molecule has 2 aliphatic heterocycles. The van der Waals surface area contributed by atoms with Crippen LogP contribution in [0.3, 0.4) is 0 Å². The van der Waals surface area contributed by atoms with Crippen LogP contribution in [0.2, 0.25) is 0 Å². The standard InChI is InChI=1S/C21H25F2N7O2/c1-12-3-9-30(12)19-25-14(13-2-4-21(22,23)15(13)26-19)16-27-17(32-28-16)20(5-6-20)18(31)29-10-7-24-8-11-29/h12,24H,2-11H2,1H3/t12-/m0/s1. The fraction of sp³-hybridized carbons (Fsp3) is 0.667. The molecule has 32 heavy (non-hydrogen) atoms. The van der Waals surface area contributed by atoms with Gasteiger partial charge in [-0.05, 0) is 32.6 Å². The Hall–Kier alpha value is -2.69. The smallest absolute Gasteiger partial charge is 0.290 e. The van der Waals surface area contributed by atoms with Gasteiger partial charge in [-0.15, -0.1) is 0 Å². The number of carbonyl (C=O) groups is 1. The molecule has 0 unspecified atom stereocenters. The number of hydrogen-bond acceptors (Lipinski definition) is 8. The van der Waals surface area contributed by atoms with Crippen LogP contribution in [-0.2, 0) is 22.6 Å². The number of piperazine rings is 1. The maximum Gasteiger partial charge on any atom is 0.290 e. The summed E-state index contributed by atoms with van der Waals surface area (Å²) in [4.78, 5) is 30.3. The van der Waals surface area contributed by atoms with E-state index >= 15 is 0 Å². The first-order chi connectivity index (χ1) is 15.4. The molecule has 2 aromatic heterocycles. The number of anilines is 1. The molecule has 4 aliphatic rings. The van der Waals surface area contributed by atoms with Crippen LogP contribution in [0.25, 0.3) is 11.5 Å². The van der Waals surface area contributed by atoms with Gasteiger partial charge in [0.05, 0.1) is 0 Å². The zero-order chi connectivity index (χ0) is 22.1. The van der Waals surface area contributed by atoms with Crippen LogP contribution in [0.4, 0.5) is 14.7 Å². The van der Waals surface area contributed by atoms with Gasteiger partial charge in [0.1, 0.15) is 16.8 Å². The number of aromatic nitrogens is 4. The maximum atomic E-state index is 14.6. The molecule has 170 valence electrons. The fourth-order valence-corrected chi connectivity index (χ4v) is 4.87. The maximum absolute atomic E-state index is 14.6. The van der Waals surface area contributed by atoms with Crippen LogP contribution in [0.15, 0.2) is 4.52 Å². The quantitative estimate of drug-likeness (QED) is 0.758. The second-order valence-electron chi connectivity index (χ2n) is 9.28. The van der Waals surface area contributed by atoms with Crippen molar-refractivity contribution in [2.45, 2.75) is 56.4 Å². The van der Waals surface area contributed by atoms with Gasteiger partial charge in [0.25, 0.3) is 5.92 Å². The van der Waals surface area contributed by atoms with Crippen molar-refractivity contribution in [1.82, 2.24) is 30.3 Å². The lowest BCUT2D eigenvalue weighted by atomic mass is 10.0. The molecule has 0 spiro atoms. The first kappa shape index (κ1) is 20.0. The van der Waals surface area contributed by atoms with Crippen molar-refractivity contribution in [2.24, 2.45) is 0 Å². The van der Waals surface area contributed by atoms with Crippen molar-refractivity contribution in [1.29, 1.82) is 0 Å². The minimum atomic E-state index is -3.00. The summed E-state index contributed by atoms with van der Waals surface area (Å²) in [6.07, 6.45) is 2.11. The van der Waals surface area contributed by atoms with E-state index in [0.29, 0.717) is 37.2 Å². The summed E-state index contributed by atoms with van der Waals surface area (Å²) in [6, 6.07) is 0.197. The number of hydrogen-bond donors (Lipinski definition) is 1. The minimum Gasteiger partial charge on any atom is -0.339 e. The summed E-state index contributed by atoms with van der Waals surface area (Å²) in [5.74, 6) is -2.30. The van der Waals surface area contributed by atoms with Gasteiger partial charge in [0.2, 0.25) is 23.6 Å². The summed E-state index contributed by atoms with van der Waals surface area (Å²) < 4.78 is 34.7. The van der Waals surface area contributed by atoms with Gasteiger partial charge < -0.3 is 19.6 Å². The molecule has 3 fully saturated rings. The molecule has 2 saturated heterocycles. The summed E-state index contributed by atoms with van der Waals surface area (Å²) in [5, 5.41) is 7.33. The molecular formula is C21H25F2N7O2. The molecular weight excluding hydrogens is 420 g/mol. The molecule has 1 saturated carbocycles. The number of nitrogens with zero attached hydrogens (tertiary/aromatic N) is 6. The van der Waals surface area contributed by atoms with Crippen molar-refractivity contribution in [3.8, 4) is 11.5 Å². The zero-order valence-corrected chi connectivity index (χ0v) is 17.9. The van der Waals surface area contributed by atoms with Crippen molar-refractivity contribution >= 4 is 11.9 Å². The third-order valence-electron chi connectivity index (χ3n) is 7.22. The molecule has 0 aromatic carbocycles. The third-order valence-corrected chi connectivity index (χ3v) is 7.22. The minimum absolute atomic E-state index is 0.00347. The highest BCUT2D eigenvalue weighted by Crippen LogP contribution is 2.50. The summed E-state index contributed by atoms with van der Waals surface area (Å²) in [5.41, 5.74) is -0.363. The van der Waals surface area contributed by atoms with Crippen LogP contribution < -0.4 is 10.2 Å². The molecule has 1 atom stereocenters. The Morgan fingerprint density at radius 1 is 1.12 bits per heavy atom. The average Bonchev–Trinajstić information content (AvgIpc) is 3.34. The molecule has 0 bridgehead atoms. The molecule has 9 nitrogen and oxygen atoms in total. The third kappa shape index (κ3) is 2.93. The highest BCUT2D eigenvalue weighted by Gasteiger charge is 2.58. The number of halogens is 2. The topological polar surface area (TPSA) is 100 Å². The zero-order valence-electron chi connectivity index (χ0n) is 17.9. The highest BCUT2D eigenvalue weighted by molar-refractivity contribution is 5.90. The Labute approximate surface area is 183 Å². The number of nitrogens with one attached hydrogen (secondary N) is 1. The van der Waals surface area contributed by atoms with E-state index in [1.165, 1.54) is 0 Å². The summed E-state index contributed by atoms with van der Waals surface area (Å²) in [7, 11) is 0. The van der Waals surface area contributed by atoms with Gasteiger partial charge in [-0.3, -0.25) is 4.79 Å². The van der Waals surface area contributed by atoms with Gasteiger partial charge in [0.15, 0.2) is 0 Å². The summed E-state index contributed by atoms with van der Waals surface area (Å²) in [6.45, 7) is 5.56. The second-order valence-corrected chi connectivity index (χ2v) is 9.28. The molecule has 2 aromatic rings. The number of alkyl halides is 2. The Morgan fingerprint density at radius 2 is 1.91 bits per heavy atom. The monoisotopic (exact) mass is 445 g/mol. The van der Waals surface area contributed by atoms with E-state index in [-0.39, 0.29) is 48.1 Å². The fourth-order valence-electron chi connectivity index (χ4n) is 4.87. The number of rotatable bonds is 4. The van der Waals surface area contributed by atoms with Gasteiger partial charge in [0, 0.05) is 50.7 Å². The largest absolute Gasteiger partial charge is 0.339 e. The molecule has 1 amide bonds. The van der Waals surface area contributed by atoms with Crippen LogP contribution in [0.1, 0.15) is 49.8 Å². The van der Waals surface area contributed by atoms with Crippen LogP contribution in [0, 0.1) is 0 Å². The van der Waals surface area contributed by atoms with Crippen LogP contribution in [0.5, 0.6) is 0 Å². The van der Waals surface area contributed by atoms with Crippen LogP contribution >= 0.6 is 0 Å². The van der Waals surface area contributed by atoms with E-state index in [1.54, 1.807) is 0 Å². The van der Waals surface area contributed by atoms with E-state index in [0.717, 1.165) is 26.1 Å². The van der Waals surface area contributed by atoms with Gasteiger partial charge in [-0.2, -0.15) is 13.8 Å². The van der Waals surface area contributed by atoms with Crippen LogP contribution in [-0.4, -0.2) is 69.7 Å². The number of fused-ring (bicyclic) bond motifs is 1. The van der Waals surface area contributed by atoms with Crippen molar-refractivity contribution in [3.05, 3.63) is 17.1 Å². The Balaban J connectivity index is 1.37. The normalized spacial score (nSPS) is 25.4. The SMILES string of the molecule is C[C@H]1CCN1c1nc(-c2noc(C3(C(=O)N4CCNCC4)CC3)n2)c2c(n1)C(F)(F)CC2. The molecule has 4 heterocycles. The predicted molar refractivity (Wildman–Crippen MR) is 109 cm³/mol. The number of carbonyl (C=O) groups excluding carboxylic acids is 1.